The van der Waals surface area contributed by atoms with E-state index in [1.807, 2.05) is 24.1 Å². The van der Waals surface area contributed by atoms with E-state index >= 15 is 0 Å². The molecule has 0 atom stereocenters. The minimum absolute atomic E-state index is 0.0000304. The van der Waals surface area contributed by atoms with Crippen LogP contribution in [0, 0.1) is 0 Å². The van der Waals surface area contributed by atoms with Gasteiger partial charge in [-0.1, -0.05) is 0 Å². The summed E-state index contributed by atoms with van der Waals surface area (Å²) in [6, 6.07) is 12.4. The predicted molar refractivity (Wildman–Crippen MR) is 138 cm³/mol. The molecular formula is C25H27BrN6O3. The average molecular weight is 539 g/mol. The fraction of sp³-hybridized carbons (Fsp3) is 0.280. The SMILES string of the molecule is CCN(C(=O)c1ccc(Nc2ncc(NC(=O)c3cc(OC)ccc3Br)cn2)cc1)N1CCCC1. The fourth-order valence-corrected chi connectivity index (χ4v) is 4.28. The van der Waals surface area contributed by atoms with Crippen LogP contribution in [0.2, 0.25) is 0 Å². The van der Waals surface area contributed by atoms with E-state index in [0.717, 1.165) is 31.6 Å². The molecule has 1 aliphatic heterocycles. The molecule has 182 valence electrons. The van der Waals surface area contributed by atoms with Gasteiger partial charge < -0.3 is 15.4 Å². The van der Waals surface area contributed by atoms with Crippen LogP contribution < -0.4 is 15.4 Å². The summed E-state index contributed by atoms with van der Waals surface area (Å²) < 4.78 is 5.84. The van der Waals surface area contributed by atoms with Crippen LogP contribution >= 0.6 is 15.9 Å². The smallest absolute Gasteiger partial charge is 0.268 e. The van der Waals surface area contributed by atoms with Crippen molar-refractivity contribution in [2.24, 2.45) is 0 Å². The third-order valence-corrected chi connectivity index (χ3v) is 6.37. The number of aromatic nitrogens is 2. The largest absolute Gasteiger partial charge is 0.497 e. The number of nitrogens with zero attached hydrogens (tertiary/aromatic N) is 4. The lowest BCUT2D eigenvalue weighted by atomic mass is 10.2. The monoisotopic (exact) mass is 538 g/mol. The average Bonchev–Trinajstić information content (AvgIpc) is 3.41. The molecule has 0 saturated carbocycles. The zero-order chi connectivity index (χ0) is 24.8. The topological polar surface area (TPSA) is 99.7 Å². The minimum atomic E-state index is -0.310. The van der Waals surface area contributed by atoms with Crippen molar-refractivity contribution in [1.29, 1.82) is 0 Å². The van der Waals surface area contributed by atoms with Gasteiger partial charge in [-0.25, -0.2) is 15.0 Å². The Morgan fingerprint density at radius 1 is 1.06 bits per heavy atom. The Morgan fingerprint density at radius 3 is 2.37 bits per heavy atom. The Morgan fingerprint density at radius 2 is 1.74 bits per heavy atom. The van der Waals surface area contributed by atoms with E-state index in [1.165, 1.54) is 12.4 Å². The summed E-state index contributed by atoms with van der Waals surface area (Å²) in [6.45, 7) is 4.48. The summed E-state index contributed by atoms with van der Waals surface area (Å²) in [6.07, 6.45) is 5.28. The molecule has 0 aliphatic carbocycles. The van der Waals surface area contributed by atoms with Crippen molar-refractivity contribution in [1.82, 2.24) is 20.0 Å². The Balaban J connectivity index is 1.37. The Hall–Kier alpha value is -3.50. The summed E-state index contributed by atoms with van der Waals surface area (Å²) in [5, 5.41) is 9.82. The Labute approximate surface area is 212 Å². The molecule has 3 aromatic rings. The highest BCUT2D eigenvalue weighted by Gasteiger charge is 2.23. The number of carbonyl (C=O) groups excluding carboxylic acids is 2. The fourth-order valence-electron chi connectivity index (χ4n) is 3.85. The number of hydrogen-bond acceptors (Lipinski definition) is 7. The van der Waals surface area contributed by atoms with Crippen molar-refractivity contribution in [3.63, 3.8) is 0 Å². The predicted octanol–water partition coefficient (Wildman–Crippen LogP) is 4.72. The van der Waals surface area contributed by atoms with Crippen molar-refractivity contribution in [3.8, 4) is 5.75 Å². The van der Waals surface area contributed by atoms with Gasteiger partial charge in [0.15, 0.2) is 0 Å². The maximum absolute atomic E-state index is 12.9. The molecule has 0 unspecified atom stereocenters. The standard InChI is InChI=1S/C25H27BrN6O3/c1-3-32(31-12-4-5-13-31)24(34)17-6-8-18(9-7-17)30-25-27-15-19(16-28-25)29-23(33)21-14-20(35-2)10-11-22(21)26/h6-11,14-16H,3-5,12-13H2,1-2H3,(H,29,33)(H,27,28,30). The van der Waals surface area contributed by atoms with Crippen LogP contribution in [0.15, 0.2) is 59.3 Å². The van der Waals surface area contributed by atoms with Gasteiger partial charge >= 0.3 is 0 Å². The molecule has 0 bridgehead atoms. The second-order valence-corrected chi connectivity index (χ2v) is 8.83. The molecule has 2 amide bonds. The summed E-state index contributed by atoms with van der Waals surface area (Å²) >= 11 is 3.38. The molecule has 2 heterocycles. The van der Waals surface area contributed by atoms with Gasteiger partial charge in [0.25, 0.3) is 11.8 Å². The molecule has 2 N–H and O–H groups in total. The van der Waals surface area contributed by atoms with Crippen molar-refractivity contribution < 1.29 is 14.3 Å². The first kappa shape index (κ1) is 24.6. The number of anilines is 3. The summed E-state index contributed by atoms with van der Waals surface area (Å²) in [5.41, 5.74) is 2.28. The number of halogens is 1. The van der Waals surface area contributed by atoms with Crippen molar-refractivity contribution in [2.45, 2.75) is 19.8 Å². The van der Waals surface area contributed by atoms with Crippen molar-refractivity contribution in [2.75, 3.05) is 37.4 Å². The molecule has 1 saturated heterocycles. The van der Waals surface area contributed by atoms with Gasteiger partial charge in [0, 0.05) is 35.4 Å². The van der Waals surface area contributed by atoms with E-state index in [0.29, 0.717) is 39.5 Å². The second-order valence-electron chi connectivity index (χ2n) is 7.98. The van der Waals surface area contributed by atoms with Crippen LogP contribution in [0.25, 0.3) is 0 Å². The minimum Gasteiger partial charge on any atom is -0.497 e. The molecule has 2 aromatic carbocycles. The van der Waals surface area contributed by atoms with Gasteiger partial charge in [-0.15, -0.1) is 0 Å². The number of methoxy groups -OCH3 is 1. The van der Waals surface area contributed by atoms with Gasteiger partial charge in [-0.2, -0.15) is 0 Å². The first-order valence-corrected chi connectivity index (χ1v) is 12.2. The van der Waals surface area contributed by atoms with E-state index in [1.54, 1.807) is 37.4 Å². The number of nitrogens with one attached hydrogen (secondary N) is 2. The normalized spacial score (nSPS) is 13.3. The molecule has 35 heavy (non-hydrogen) atoms. The maximum atomic E-state index is 12.9. The van der Waals surface area contributed by atoms with Gasteiger partial charge in [0.1, 0.15) is 5.75 Å². The number of ether oxygens (including phenoxy) is 1. The van der Waals surface area contributed by atoms with Gasteiger partial charge in [-0.3, -0.25) is 14.6 Å². The highest BCUT2D eigenvalue weighted by atomic mass is 79.9. The zero-order valence-electron chi connectivity index (χ0n) is 19.6. The Bertz CT molecular complexity index is 1180. The lowest BCUT2D eigenvalue weighted by Gasteiger charge is -2.30. The lowest BCUT2D eigenvalue weighted by molar-refractivity contribution is 0.00736. The quantitative estimate of drug-likeness (QED) is 0.428. The second kappa shape index (κ2) is 11.3. The molecule has 0 radical (unpaired) electrons. The van der Waals surface area contributed by atoms with Crippen LogP contribution in [-0.2, 0) is 0 Å². The number of carbonyl (C=O) groups is 2. The first-order valence-electron chi connectivity index (χ1n) is 11.4. The van der Waals surface area contributed by atoms with E-state index in [-0.39, 0.29) is 11.8 Å². The molecule has 0 spiro atoms. The lowest BCUT2D eigenvalue weighted by Crippen LogP contribution is -2.44. The van der Waals surface area contributed by atoms with Crippen LogP contribution in [-0.4, -0.2) is 58.5 Å². The van der Waals surface area contributed by atoms with Crippen LogP contribution in [0.4, 0.5) is 17.3 Å². The molecule has 10 heteroatoms. The van der Waals surface area contributed by atoms with E-state index < -0.39 is 0 Å². The number of benzene rings is 2. The van der Waals surface area contributed by atoms with E-state index in [9.17, 15) is 9.59 Å². The highest BCUT2D eigenvalue weighted by molar-refractivity contribution is 9.10. The van der Waals surface area contributed by atoms with E-state index in [4.69, 9.17) is 4.74 Å². The van der Waals surface area contributed by atoms with Crippen LogP contribution in [0.1, 0.15) is 40.5 Å². The van der Waals surface area contributed by atoms with Crippen LogP contribution in [0.5, 0.6) is 5.75 Å². The molecule has 1 fully saturated rings. The summed E-state index contributed by atoms with van der Waals surface area (Å²) in [7, 11) is 1.55. The third kappa shape index (κ3) is 5.95. The van der Waals surface area contributed by atoms with Gasteiger partial charge in [0.05, 0.1) is 30.8 Å². The van der Waals surface area contributed by atoms with Gasteiger partial charge in [0.2, 0.25) is 5.95 Å². The zero-order valence-corrected chi connectivity index (χ0v) is 21.2. The van der Waals surface area contributed by atoms with Crippen molar-refractivity contribution in [3.05, 3.63) is 70.5 Å². The molecule has 4 rings (SSSR count). The maximum Gasteiger partial charge on any atom is 0.268 e. The first-order chi connectivity index (χ1) is 17.0. The van der Waals surface area contributed by atoms with Gasteiger partial charge in [-0.05, 0) is 78.2 Å². The van der Waals surface area contributed by atoms with Crippen LogP contribution in [0.3, 0.4) is 0 Å². The number of rotatable bonds is 8. The number of amides is 2. The molecule has 1 aromatic heterocycles. The molecule has 9 nitrogen and oxygen atoms in total. The summed E-state index contributed by atoms with van der Waals surface area (Å²) in [4.78, 5) is 34.1. The summed E-state index contributed by atoms with van der Waals surface area (Å²) in [5.74, 6) is 0.646. The van der Waals surface area contributed by atoms with Crippen molar-refractivity contribution >= 4 is 45.1 Å². The van der Waals surface area contributed by atoms with E-state index in [2.05, 4.69) is 41.5 Å². The molecular weight excluding hydrogens is 512 g/mol. The third-order valence-electron chi connectivity index (χ3n) is 5.67. The number of hydrogen-bond donors (Lipinski definition) is 2. The number of hydrazine groups is 1. The Kier molecular flexibility index (Phi) is 7.94. The highest BCUT2D eigenvalue weighted by Crippen LogP contribution is 2.24. The molecule has 1 aliphatic rings.